The zero-order valence-corrected chi connectivity index (χ0v) is 12.7. The van der Waals surface area contributed by atoms with Crippen LogP contribution in [0.4, 0.5) is 0 Å². The standard InChI is InChI=1S/C14H20BrNO2/c1-8(2)12-10(9(3)7-16)6-11(15)13-14(12)18-5-4-17-13/h6,8-9H,4-5,7,16H2,1-3H3. The molecule has 1 unspecified atom stereocenters. The SMILES string of the molecule is CC(C)c1c(C(C)CN)cc(Br)c2c1OCCO2. The number of ether oxygens (including phenoxy) is 2. The number of rotatable bonds is 3. The lowest BCUT2D eigenvalue weighted by Crippen LogP contribution is -2.20. The van der Waals surface area contributed by atoms with Crippen LogP contribution in [0.1, 0.15) is 43.7 Å². The third kappa shape index (κ3) is 2.36. The molecule has 1 heterocycles. The second-order valence-electron chi connectivity index (χ2n) is 5.01. The molecule has 2 N–H and O–H groups in total. The summed E-state index contributed by atoms with van der Waals surface area (Å²) in [7, 11) is 0. The largest absolute Gasteiger partial charge is 0.486 e. The monoisotopic (exact) mass is 313 g/mol. The minimum Gasteiger partial charge on any atom is -0.486 e. The summed E-state index contributed by atoms with van der Waals surface area (Å²) >= 11 is 3.57. The van der Waals surface area contributed by atoms with Crippen molar-refractivity contribution in [3.8, 4) is 11.5 Å². The molecule has 0 fully saturated rings. The van der Waals surface area contributed by atoms with Crippen molar-refractivity contribution >= 4 is 15.9 Å². The molecule has 3 nitrogen and oxygen atoms in total. The van der Waals surface area contributed by atoms with Crippen LogP contribution in [0.5, 0.6) is 11.5 Å². The molecule has 2 rings (SSSR count). The second kappa shape index (κ2) is 5.49. The average Bonchev–Trinajstić information content (AvgIpc) is 2.37. The molecule has 0 aliphatic carbocycles. The fourth-order valence-corrected chi connectivity index (χ4v) is 2.88. The number of hydrogen-bond acceptors (Lipinski definition) is 3. The maximum atomic E-state index is 5.84. The van der Waals surface area contributed by atoms with E-state index in [1.54, 1.807) is 0 Å². The van der Waals surface area contributed by atoms with Crippen molar-refractivity contribution in [3.05, 3.63) is 21.7 Å². The van der Waals surface area contributed by atoms with E-state index in [2.05, 4.69) is 42.8 Å². The first kappa shape index (κ1) is 13.7. The van der Waals surface area contributed by atoms with Gasteiger partial charge in [0.1, 0.15) is 13.2 Å². The molecular weight excluding hydrogens is 294 g/mol. The molecule has 0 aromatic heterocycles. The predicted molar refractivity (Wildman–Crippen MR) is 76.7 cm³/mol. The second-order valence-corrected chi connectivity index (χ2v) is 5.86. The molecule has 1 aromatic carbocycles. The molecular formula is C14H20BrNO2. The maximum Gasteiger partial charge on any atom is 0.175 e. The first-order chi connectivity index (χ1) is 8.56. The minimum atomic E-state index is 0.314. The Kier molecular flexibility index (Phi) is 4.17. The van der Waals surface area contributed by atoms with Gasteiger partial charge < -0.3 is 15.2 Å². The lowest BCUT2D eigenvalue weighted by Gasteiger charge is -2.27. The van der Waals surface area contributed by atoms with E-state index in [1.165, 1.54) is 11.1 Å². The highest BCUT2D eigenvalue weighted by Crippen LogP contribution is 2.46. The number of halogens is 1. The molecule has 0 spiro atoms. The van der Waals surface area contributed by atoms with Gasteiger partial charge in [-0.05, 0) is 45.9 Å². The van der Waals surface area contributed by atoms with Crippen molar-refractivity contribution in [2.45, 2.75) is 32.6 Å². The Labute approximate surface area is 117 Å². The summed E-state index contributed by atoms with van der Waals surface area (Å²) in [6, 6.07) is 2.13. The third-order valence-electron chi connectivity index (χ3n) is 3.30. The first-order valence-electron chi connectivity index (χ1n) is 6.38. The highest BCUT2D eigenvalue weighted by molar-refractivity contribution is 9.10. The van der Waals surface area contributed by atoms with Crippen molar-refractivity contribution in [2.75, 3.05) is 19.8 Å². The summed E-state index contributed by atoms with van der Waals surface area (Å²) in [4.78, 5) is 0. The van der Waals surface area contributed by atoms with E-state index in [4.69, 9.17) is 15.2 Å². The Morgan fingerprint density at radius 1 is 1.22 bits per heavy atom. The highest BCUT2D eigenvalue weighted by Gasteiger charge is 2.25. The van der Waals surface area contributed by atoms with Crippen LogP contribution in [0.2, 0.25) is 0 Å². The molecule has 1 aromatic rings. The van der Waals surface area contributed by atoms with Crippen molar-refractivity contribution in [1.29, 1.82) is 0 Å². The average molecular weight is 314 g/mol. The van der Waals surface area contributed by atoms with Crippen LogP contribution in [0, 0.1) is 0 Å². The lowest BCUT2D eigenvalue weighted by atomic mass is 9.88. The first-order valence-corrected chi connectivity index (χ1v) is 7.17. The van der Waals surface area contributed by atoms with Crippen LogP contribution in [0.3, 0.4) is 0 Å². The molecule has 1 aliphatic rings. The minimum absolute atomic E-state index is 0.314. The van der Waals surface area contributed by atoms with Gasteiger partial charge in [-0.3, -0.25) is 0 Å². The summed E-state index contributed by atoms with van der Waals surface area (Å²) < 4.78 is 12.5. The van der Waals surface area contributed by atoms with Gasteiger partial charge in [0.2, 0.25) is 0 Å². The van der Waals surface area contributed by atoms with E-state index in [0.29, 0.717) is 31.6 Å². The highest BCUT2D eigenvalue weighted by atomic mass is 79.9. The zero-order valence-electron chi connectivity index (χ0n) is 11.1. The lowest BCUT2D eigenvalue weighted by molar-refractivity contribution is 0.168. The molecule has 1 aliphatic heterocycles. The van der Waals surface area contributed by atoms with Gasteiger partial charge in [-0.25, -0.2) is 0 Å². The Morgan fingerprint density at radius 3 is 2.39 bits per heavy atom. The summed E-state index contributed by atoms with van der Waals surface area (Å²) in [6.45, 7) is 8.34. The van der Waals surface area contributed by atoms with Gasteiger partial charge in [0.25, 0.3) is 0 Å². The van der Waals surface area contributed by atoms with Crippen molar-refractivity contribution in [2.24, 2.45) is 5.73 Å². The molecule has 0 saturated carbocycles. The Balaban J connectivity index is 2.63. The van der Waals surface area contributed by atoms with Gasteiger partial charge in [0.05, 0.1) is 4.47 Å². The number of hydrogen-bond donors (Lipinski definition) is 1. The van der Waals surface area contributed by atoms with Crippen LogP contribution in [-0.4, -0.2) is 19.8 Å². The van der Waals surface area contributed by atoms with Crippen LogP contribution in [0.25, 0.3) is 0 Å². The van der Waals surface area contributed by atoms with Crippen LogP contribution in [-0.2, 0) is 0 Å². The van der Waals surface area contributed by atoms with Crippen LogP contribution in [0.15, 0.2) is 10.5 Å². The zero-order chi connectivity index (χ0) is 13.3. The van der Waals surface area contributed by atoms with E-state index < -0.39 is 0 Å². The molecule has 0 saturated heterocycles. The number of fused-ring (bicyclic) bond motifs is 1. The van der Waals surface area contributed by atoms with E-state index >= 15 is 0 Å². The van der Waals surface area contributed by atoms with E-state index in [0.717, 1.165) is 16.0 Å². The van der Waals surface area contributed by atoms with Gasteiger partial charge in [-0.15, -0.1) is 0 Å². The third-order valence-corrected chi connectivity index (χ3v) is 3.89. The Morgan fingerprint density at radius 2 is 1.83 bits per heavy atom. The van der Waals surface area contributed by atoms with Crippen LogP contribution >= 0.6 is 15.9 Å². The van der Waals surface area contributed by atoms with Crippen molar-refractivity contribution in [3.63, 3.8) is 0 Å². The smallest absolute Gasteiger partial charge is 0.175 e. The Bertz CT molecular complexity index is 446. The normalized spacial score (nSPS) is 15.9. The molecule has 0 radical (unpaired) electrons. The van der Waals surface area contributed by atoms with Gasteiger partial charge in [-0.1, -0.05) is 20.8 Å². The maximum absolute atomic E-state index is 5.84. The molecule has 0 bridgehead atoms. The summed E-state index contributed by atoms with van der Waals surface area (Å²) in [5.41, 5.74) is 8.29. The quantitative estimate of drug-likeness (QED) is 0.930. The molecule has 100 valence electrons. The van der Waals surface area contributed by atoms with Crippen LogP contribution < -0.4 is 15.2 Å². The van der Waals surface area contributed by atoms with Crippen molar-refractivity contribution in [1.82, 2.24) is 0 Å². The topological polar surface area (TPSA) is 44.5 Å². The van der Waals surface area contributed by atoms with Crippen molar-refractivity contribution < 1.29 is 9.47 Å². The Hall–Kier alpha value is -0.740. The van der Waals surface area contributed by atoms with Gasteiger partial charge in [0, 0.05) is 5.56 Å². The van der Waals surface area contributed by atoms with Gasteiger partial charge in [0.15, 0.2) is 11.5 Å². The predicted octanol–water partition coefficient (Wildman–Crippen LogP) is 3.41. The molecule has 1 atom stereocenters. The van der Waals surface area contributed by atoms with Gasteiger partial charge >= 0.3 is 0 Å². The van der Waals surface area contributed by atoms with E-state index in [9.17, 15) is 0 Å². The molecule has 18 heavy (non-hydrogen) atoms. The molecule has 4 heteroatoms. The summed E-state index contributed by atoms with van der Waals surface area (Å²) in [5.74, 6) is 2.42. The summed E-state index contributed by atoms with van der Waals surface area (Å²) in [6.07, 6.45) is 0. The fourth-order valence-electron chi connectivity index (χ4n) is 2.34. The van der Waals surface area contributed by atoms with E-state index in [-0.39, 0.29) is 0 Å². The molecule has 0 amide bonds. The number of nitrogens with two attached hydrogens (primary N) is 1. The summed E-state index contributed by atoms with van der Waals surface area (Å²) in [5, 5.41) is 0. The fraction of sp³-hybridized carbons (Fsp3) is 0.571. The van der Waals surface area contributed by atoms with Gasteiger partial charge in [-0.2, -0.15) is 0 Å². The van der Waals surface area contributed by atoms with E-state index in [1.807, 2.05) is 0 Å². The number of benzene rings is 1.